The van der Waals surface area contributed by atoms with Gasteiger partial charge in [0.2, 0.25) is 0 Å². The monoisotopic (exact) mass is 428 g/mol. The summed E-state index contributed by atoms with van der Waals surface area (Å²) in [6, 6.07) is 0. The topological polar surface area (TPSA) is 111 Å². The van der Waals surface area contributed by atoms with Crippen LogP contribution in [0.15, 0.2) is 6.20 Å². The van der Waals surface area contributed by atoms with E-state index < -0.39 is 11.5 Å². The first-order valence-electron chi connectivity index (χ1n) is 12.1. The maximum atomic E-state index is 13.3. The number of fused-ring (bicyclic) bond motifs is 5. The molecule has 31 heavy (non-hydrogen) atoms. The Labute approximate surface area is 184 Å². The Morgan fingerprint density at radius 3 is 2.61 bits per heavy atom. The number of carbonyl (C=O) groups is 2. The molecule has 4 saturated carbocycles. The molecule has 1 heterocycles. The van der Waals surface area contributed by atoms with Gasteiger partial charge in [0.05, 0.1) is 11.8 Å². The maximum Gasteiger partial charge on any atom is 0.270 e. The fourth-order valence-corrected chi connectivity index (χ4v) is 8.35. The zero-order chi connectivity index (χ0) is 22.0. The number of nitrogens with zero attached hydrogens (tertiary/aromatic N) is 3. The number of ketones is 1. The summed E-state index contributed by atoms with van der Waals surface area (Å²) in [7, 11) is 0. The van der Waals surface area contributed by atoms with Gasteiger partial charge in [-0.2, -0.15) is 9.90 Å². The lowest BCUT2D eigenvalue weighted by Gasteiger charge is -2.56. The summed E-state index contributed by atoms with van der Waals surface area (Å²) < 4.78 is 0. The molecule has 0 aliphatic heterocycles. The average Bonchev–Trinajstić information content (AvgIpc) is 3.31. The molecule has 7 nitrogen and oxygen atoms in total. The first-order chi connectivity index (χ1) is 14.7. The highest BCUT2D eigenvalue weighted by Gasteiger charge is 2.58. The molecule has 3 N–H and O–H groups in total. The van der Waals surface area contributed by atoms with Gasteiger partial charge in [0, 0.05) is 5.92 Å². The fraction of sp³-hybridized carbons (Fsp3) is 0.833. The molecule has 5 rings (SSSR count). The van der Waals surface area contributed by atoms with Crippen molar-refractivity contribution in [1.82, 2.24) is 15.0 Å². The zero-order valence-corrected chi connectivity index (χ0v) is 18.8. The van der Waals surface area contributed by atoms with E-state index in [9.17, 15) is 14.7 Å². The zero-order valence-electron chi connectivity index (χ0n) is 18.8. The number of nitrogens with two attached hydrogens (primary N) is 1. The lowest BCUT2D eigenvalue weighted by atomic mass is 9.49. The van der Waals surface area contributed by atoms with Crippen molar-refractivity contribution in [3.05, 3.63) is 11.9 Å². The summed E-state index contributed by atoms with van der Waals surface area (Å²) in [4.78, 5) is 25.9. The van der Waals surface area contributed by atoms with Crippen molar-refractivity contribution in [2.75, 3.05) is 0 Å². The van der Waals surface area contributed by atoms with Crippen LogP contribution in [0.2, 0.25) is 0 Å². The van der Waals surface area contributed by atoms with Gasteiger partial charge < -0.3 is 10.8 Å². The molecule has 0 aromatic carbocycles. The van der Waals surface area contributed by atoms with Crippen LogP contribution in [0, 0.1) is 40.9 Å². The molecule has 1 aromatic rings. The average molecular weight is 429 g/mol. The van der Waals surface area contributed by atoms with Crippen molar-refractivity contribution >= 4 is 11.7 Å². The van der Waals surface area contributed by atoms with Gasteiger partial charge in [-0.15, -0.1) is 5.10 Å². The van der Waals surface area contributed by atoms with Crippen molar-refractivity contribution in [1.29, 1.82) is 0 Å². The first-order valence-corrected chi connectivity index (χ1v) is 12.1. The minimum Gasteiger partial charge on any atom is -0.390 e. The van der Waals surface area contributed by atoms with Gasteiger partial charge in [-0.05, 0) is 99.7 Å². The molecule has 1 amide bonds. The number of primary amides is 1. The van der Waals surface area contributed by atoms with Gasteiger partial charge >= 0.3 is 0 Å². The molecule has 170 valence electrons. The maximum absolute atomic E-state index is 13.3. The van der Waals surface area contributed by atoms with Crippen LogP contribution in [-0.2, 0) is 11.3 Å². The van der Waals surface area contributed by atoms with Crippen LogP contribution in [-0.4, -0.2) is 37.4 Å². The second kappa shape index (κ2) is 7.39. The fourth-order valence-electron chi connectivity index (χ4n) is 8.35. The largest absolute Gasteiger partial charge is 0.390 e. The van der Waals surface area contributed by atoms with E-state index >= 15 is 0 Å². The van der Waals surface area contributed by atoms with Gasteiger partial charge in [-0.25, -0.2) is 0 Å². The van der Waals surface area contributed by atoms with E-state index in [1.165, 1.54) is 30.3 Å². The minimum atomic E-state index is -0.621. The standard InChI is InChI=1S/C24H36N4O3/c1-23(31)9-7-15-14(11-23)3-4-17-16(15)8-10-24(2)18(17)5-6-19(24)21(29)13-28-26-12-20(27-28)22(25)30/h12,14-19,31H,3-11,13H2,1-2H3,(H2,25,30)/t14-,15+,16-,17-,18+,19-,23-,24+/m1/s1. The van der Waals surface area contributed by atoms with Gasteiger partial charge in [0.25, 0.3) is 5.91 Å². The summed E-state index contributed by atoms with van der Waals surface area (Å²) in [5.41, 5.74) is 4.95. The molecular weight excluding hydrogens is 392 g/mol. The third kappa shape index (κ3) is 3.53. The second-order valence-electron chi connectivity index (χ2n) is 11.4. The van der Waals surface area contributed by atoms with Gasteiger partial charge in [0.1, 0.15) is 6.54 Å². The Bertz CT molecular complexity index is 880. The molecule has 0 bridgehead atoms. The van der Waals surface area contributed by atoms with Crippen LogP contribution in [0.5, 0.6) is 0 Å². The van der Waals surface area contributed by atoms with Crippen LogP contribution in [0.1, 0.15) is 82.1 Å². The Morgan fingerprint density at radius 1 is 1.10 bits per heavy atom. The molecule has 0 saturated heterocycles. The van der Waals surface area contributed by atoms with E-state index in [1.54, 1.807) is 0 Å². The number of hydrogen-bond acceptors (Lipinski definition) is 5. The lowest BCUT2D eigenvalue weighted by molar-refractivity contribution is -0.133. The summed E-state index contributed by atoms with van der Waals surface area (Å²) in [5.74, 6) is 3.18. The number of hydrogen-bond donors (Lipinski definition) is 2. The molecule has 0 radical (unpaired) electrons. The van der Waals surface area contributed by atoms with Gasteiger partial charge in [-0.1, -0.05) is 6.92 Å². The van der Waals surface area contributed by atoms with E-state index in [0.29, 0.717) is 11.8 Å². The number of carbonyl (C=O) groups excluding carboxylic acids is 2. The number of rotatable bonds is 4. The summed E-state index contributed by atoms with van der Waals surface area (Å²) in [6.07, 6.45) is 11.3. The highest BCUT2D eigenvalue weighted by Crippen LogP contribution is 2.64. The molecule has 0 unspecified atom stereocenters. The minimum absolute atomic E-state index is 0.0475. The van der Waals surface area contributed by atoms with Crippen LogP contribution in [0.3, 0.4) is 0 Å². The van der Waals surface area contributed by atoms with Crippen molar-refractivity contribution in [2.24, 2.45) is 46.7 Å². The number of aromatic nitrogens is 3. The third-order valence-corrected chi connectivity index (χ3v) is 9.71. The number of amides is 1. The summed E-state index contributed by atoms with van der Waals surface area (Å²) in [5, 5.41) is 18.7. The number of Topliss-reactive ketones (excluding diaryl/α,β-unsaturated/α-hetero) is 1. The van der Waals surface area contributed by atoms with Crippen molar-refractivity contribution < 1.29 is 14.7 Å². The van der Waals surface area contributed by atoms with Gasteiger partial charge in [-0.3, -0.25) is 9.59 Å². The Kier molecular flexibility index (Phi) is 5.03. The predicted octanol–water partition coefficient (Wildman–Crippen LogP) is 2.97. The molecule has 4 aliphatic carbocycles. The molecule has 1 aromatic heterocycles. The molecule has 8 atom stereocenters. The molecule has 4 aliphatic rings. The van der Waals surface area contributed by atoms with Gasteiger partial charge in [0.15, 0.2) is 11.5 Å². The summed E-state index contributed by atoms with van der Waals surface area (Å²) >= 11 is 0. The molecule has 7 heteroatoms. The van der Waals surface area contributed by atoms with E-state index in [0.717, 1.165) is 56.3 Å². The first kappa shape index (κ1) is 21.1. The van der Waals surface area contributed by atoms with Crippen molar-refractivity contribution in [3.63, 3.8) is 0 Å². The van der Waals surface area contributed by atoms with Crippen molar-refractivity contribution in [2.45, 2.75) is 83.8 Å². The molecule has 0 spiro atoms. The quantitative estimate of drug-likeness (QED) is 0.766. The highest BCUT2D eigenvalue weighted by molar-refractivity contribution is 5.90. The Morgan fingerprint density at radius 2 is 1.87 bits per heavy atom. The van der Waals surface area contributed by atoms with E-state index in [1.807, 2.05) is 6.92 Å². The van der Waals surface area contributed by atoms with E-state index in [2.05, 4.69) is 17.1 Å². The van der Waals surface area contributed by atoms with Crippen molar-refractivity contribution in [3.8, 4) is 0 Å². The van der Waals surface area contributed by atoms with Crippen LogP contribution >= 0.6 is 0 Å². The van der Waals surface area contributed by atoms with E-state index in [-0.39, 0.29) is 29.4 Å². The highest BCUT2D eigenvalue weighted by atomic mass is 16.3. The molecule has 4 fully saturated rings. The van der Waals surface area contributed by atoms with Crippen LogP contribution in [0.4, 0.5) is 0 Å². The number of aliphatic hydroxyl groups is 1. The Hall–Kier alpha value is -1.76. The SMILES string of the molecule is C[C@@]1(O)CC[C@H]2[C@H](CC[C@@H]3[C@@H]2CC[C@]2(C)[C@@H](C(=O)Cn4ncc(C(N)=O)n4)CC[C@@H]32)C1. The summed E-state index contributed by atoms with van der Waals surface area (Å²) in [6.45, 7) is 4.49. The predicted molar refractivity (Wildman–Crippen MR) is 115 cm³/mol. The third-order valence-electron chi connectivity index (χ3n) is 9.71. The smallest absolute Gasteiger partial charge is 0.270 e. The Balaban J connectivity index is 1.29. The van der Waals surface area contributed by atoms with Crippen LogP contribution in [0.25, 0.3) is 0 Å². The molecular formula is C24H36N4O3. The second-order valence-corrected chi connectivity index (χ2v) is 11.4. The van der Waals surface area contributed by atoms with E-state index in [4.69, 9.17) is 5.73 Å². The normalized spacial score (nSPS) is 44.2. The van der Waals surface area contributed by atoms with Crippen LogP contribution < -0.4 is 5.73 Å². The lowest BCUT2D eigenvalue weighted by Crippen LogP contribution is -2.51.